The number of unbranched alkanes of at least 4 members (excludes halogenated alkanes) is 66. The highest BCUT2D eigenvalue weighted by Crippen LogP contribution is 2.20. The summed E-state index contributed by atoms with van der Waals surface area (Å²) in [6, 6.07) is -0.625. The van der Waals surface area contributed by atoms with Crippen LogP contribution < -0.4 is 5.32 Å². The van der Waals surface area contributed by atoms with Crippen LogP contribution in [0.15, 0.2) is 24.3 Å². The van der Waals surface area contributed by atoms with Crippen molar-refractivity contribution in [1.29, 1.82) is 0 Å². The van der Waals surface area contributed by atoms with E-state index in [0.717, 1.165) is 38.5 Å². The van der Waals surface area contributed by atoms with Crippen molar-refractivity contribution >= 4 is 11.9 Å². The molecule has 2 atom stereocenters. The van der Waals surface area contributed by atoms with Gasteiger partial charge in [0, 0.05) is 12.8 Å². The molecule has 0 heterocycles. The van der Waals surface area contributed by atoms with E-state index in [1.807, 2.05) is 6.08 Å². The van der Waals surface area contributed by atoms with E-state index in [-0.39, 0.29) is 18.5 Å². The maximum Gasteiger partial charge on any atom is 0.305 e. The standard InChI is InChI=1S/C84H163NO5/c1-3-5-7-9-11-13-15-17-19-21-22-42-45-48-52-56-60-64-68-72-76-82(87)81(80-86)85-83(88)77-73-69-65-61-57-53-49-46-43-40-38-36-34-32-30-28-26-24-23-25-27-29-31-33-35-37-39-41-44-47-51-55-59-63-67-71-75-79-90-84(89)78-74-70-66-62-58-54-50-20-18-16-14-12-10-8-6-4-2/h23,25,72,76,81-82,86-87H,3-22,24,26-71,73-75,77-80H2,1-2H3,(H,85,88)/b25-23-,76-72+. The Morgan fingerprint density at radius 2 is 0.522 bits per heavy atom. The van der Waals surface area contributed by atoms with Crippen molar-refractivity contribution in [1.82, 2.24) is 5.32 Å². The Labute approximate surface area is 564 Å². The van der Waals surface area contributed by atoms with E-state index in [9.17, 15) is 19.8 Å². The van der Waals surface area contributed by atoms with E-state index >= 15 is 0 Å². The zero-order valence-electron chi connectivity index (χ0n) is 61.4. The van der Waals surface area contributed by atoms with E-state index in [2.05, 4.69) is 31.3 Å². The number of amides is 1. The molecule has 1 amide bonds. The molecule has 2 unspecified atom stereocenters. The van der Waals surface area contributed by atoms with Crippen molar-refractivity contribution in [2.45, 2.75) is 488 Å². The van der Waals surface area contributed by atoms with Gasteiger partial charge in [-0.3, -0.25) is 9.59 Å². The third-order valence-corrected chi connectivity index (χ3v) is 19.7. The summed E-state index contributed by atoms with van der Waals surface area (Å²) in [4.78, 5) is 24.6. The van der Waals surface area contributed by atoms with Crippen LogP contribution in [-0.4, -0.2) is 47.4 Å². The van der Waals surface area contributed by atoms with E-state index in [4.69, 9.17) is 4.74 Å². The van der Waals surface area contributed by atoms with Crippen molar-refractivity contribution < 1.29 is 24.5 Å². The zero-order chi connectivity index (χ0) is 64.9. The molecular formula is C84H163NO5. The molecule has 0 saturated carbocycles. The SMILES string of the molecule is CCCCCCCCCCCCCCCCCCCC/C=C/C(O)C(CO)NC(=O)CCCCCCCCCCCCCCCCCCC/C=C\CCCCCCCCCCCCCCCCCCOC(=O)CCCCCCCCCCCCCCCCCC. The summed E-state index contributed by atoms with van der Waals surface area (Å²) in [5.74, 6) is -0.0333. The van der Waals surface area contributed by atoms with Crippen LogP contribution >= 0.6 is 0 Å². The lowest BCUT2D eigenvalue weighted by Crippen LogP contribution is -2.45. The second-order valence-electron chi connectivity index (χ2n) is 28.8. The van der Waals surface area contributed by atoms with Crippen molar-refractivity contribution in [2.24, 2.45) is 0 Å². The van der Waals surface area contributed by atoms with E-state index in [1.165, 1.54) is 411 Å². The smallest absolute Gasteiger partial charge is 0.305 e. The maximum absolute atomic E-state index is 12.5. The molecule has 534 valence electrons. The molecule has 90 heavy (non-hydrogen) atoms. The van der Waals surface area contributed by atoms with Gasteiger partial charge in [0.2, 0.25) is 5.91 Å². The Morgan fingerprint density at radius 1 is 0.300 bits per heavy atom. The molecule has 0 aromatic heterocycles. The Hall–Kier alpha value is -1.66. The topological polar surface area (TPSA) is 95.9 Å². The lowest BCUT2D eigenvalue weighted by molar-refractivity contribution is -0.143. The number of nitrogens with one attached hydrogen (secondary N) is 1. The van der Waals surface area contributed by atoms with Gasteiger partial charge in [-0.25, -0.2) is 0 Å². The van der Waals surface area contributed by atoms with Crippen LogP contribution in [0.4, 0.5) is 0 Å². The van der Waals surface area contributed by atoms with Gasteiger partial charge in [0.15, 0.2) is 0 Å². The van der Waals surface area contributed by atoms with Gasteiger partial charge >= 0.3 is 5.97 Å². The second kappa shape index (κ2) is 79.8. The van der Waals surface area contributed by atoms with Gasteiger partial charge in [0.1, 0.15) is 0 Å². The number of hydrogen-bond acceptors (Lipinski definition) is 5. The quantitative estimate of drug-likeness (QED) is 0.0320. The highest BCUT2D eigenvalue weighted by Gasteiger charge is 2.18. The summed E-state index contributed by atoms with van der Waals surface area (Å²) in [5.41, 5.74) is 0. The Bertz CT molecular complexity index is 1410. The molecule has 0 bridgehead atoms. The number of rotatable bonds is 79. The highest BCUT2D eigenvalue weighted by atomic mass is 16.5. The molecular weight excluding hydrogens is 1100 g/mol. The minimum absolute atomic E-state index is 0.0258. The third-order valence-electron chi connectivity index (χ3n) is 19.7. The van der Waals surface area contributed by atoms with Gasteiger partial charge in [0.05, 0.1) is 25.4 Å². The lowest BCUT2D eigenvalue weighted by atomic mass is 10.0. The number of carbonyl (C=O) groups excluding carboxylic acids is 2. The number of hydrogen-bond donors (Lipinski definition) is 3. The first-order valence-electron chi connectivity index (χ1n) is 41.6. The first-order chi connectivity index (χ1) is 44.5. The van der Waals surface area contributed by atoms with Crippen LogP contribution in [0.3, 0.4) is 0 Å². The first kappa shape index (κ1) is 88.3. The molecule has 3 N–H and O–H groups in total. The van der Waals surface area contributed by atoms with Crippen LogP contribution in [0.25, 0.3) is 0 Å². The molecule has 6 nitrogen and oxygen atoms in total. The van der Waals surface area contributed by atoms with Crippen LogP contribution in [0.5, 0.6) is 0 Å². The van der Waals surface area contributed by atoms with Crippen molar-refractivity contribution in [3.05, 3.63) is 24.3 Å². The van der Waals surface area contributed by atoms with E-state index in [0.29, 0.717) is 19.4 Å². The molecule has 6 heteroatoms. The lowest BCUT2D eigenvalue weighted by Gasteiger charge is -2.20. The molecule has 0 aliphatic carbocycles. The van der Waals surface area contributed by atoms with Crippen molar-refractivity contribution in [3.63, 3.8) is 0 Å². The summed E-state index contributed by atoms with van der Waals surface area (Å²) >= 11 is 0. The van der Waals surface area contributed by atoms with Crippen LogP contribution in [0, 0.1) is 0 Å². The predicted octanol–water partition coefficient (Wildman–Crippen LogP) is 27.6. The fraction of sp³-hybridized carbons (Fsp3) is 0.929. The maximum atomic E-state index is 12.5. The molecule has 0 saturated heterocycles. The molecule has 0 aromatic carbocycles. The molecule has 0 rings (SSSR count). The van der Waals surface area contributed by atoms with Crippen molar-refractivity contribution in [2.75, 3.05) is 13.2 Å². The highest BCUT2D eigenvalue weighted by molar-refractivity contribution is 5.76. The second-order valence-corrected chi connectivity index (χ2v) is 28.8. The van der Waals surface area contributed by atoms with E-state index < -0.39 is 12.1 Å². The van der Waals surface area contributed by atoms with Gasteiger partial charge in [0.25, 0.3) is 0 Å². The summed E-state index contributed by atoms with van der Waals surface area (Å²) in [5, 5.41) is 23.3. The summed E-state index contributed by atoms with van der Waals surface area (Å²) < 4.78 is 5.51. The fourth-order valence-electron chi connectivity index (χ4n) is 13.4. The fourth-order valence-corrected chi connectivity index (χ4v) is 13.4. The average molecular weight is 1270 g/mol. The Balaban J connectivity index is 3.34. The van der Waals surface area contributed by atoms with Gasteiger partial charge in [-0.1, -0.05) is 430 Å². The largest absolute Gasteiger partial charge is 0.466 e. The van der Waals surface area contributed by atoms with Gasteiger partial charge < -0.3 is 20.3 Å². The minimum atomic E-state index is -0.842. The molecule has 0 spiro atoms. The van der Waals surface area contributed by atoms with E-state index in [1.54, 1.807) is 6.08 Å². The number of aliphatic hydroxyl groups excluding tert-OH is 2. The third kappa shape index (κ3) is 75.4. The average Bonchev–Trinajstić information content (AvgIpc) is 3.58. The van der Waals surface area contributed by atoms with Crippen LogP contribution in [-0.2, 0) is 14.3 Å². The normalized spacial score (nSPS) is 12.5. The monoisotopic (exact) mass is 1270 g/mol. The number of esters is 1. The molecule has 0 aromatic rings. The summed E-state index contributed by atoms with van der Waals surface area (Å²) in [6.45, 7) is 4.97. The zero-order valence-corrected chi connectivity index (χ0v) is 61.4. The van der Waals surface area contributed by atoms with Gasteiger partial charge in [-0.2, -0.15) is 0 Å². The molecule has 0 fully saturated rings. The summed E-state index contributed by atoms with van der Waals surface area (Å²) in [7, 11) is 0. The number of aliphatic hydroxyl groups is 2. The first-order valence-corrected chi connectivity index (χ1v) is 41.6. The Morgan fingerprint density at radius 3 is 0.789 bits per heavy atom. The minimum Gasteiger partial charge on any atom is -0.466 e. The summed E-state index contributed by atoms with van der Waals surface area (Å²) in [6.07, 6.45) is 103. The Kier molecular flexibility index (Phi) is 78.3. The molecule has 0 aliphatic heterocycles. The van der Waals surface area contributed by atoms with Crippen LogP contribution in [0.2, 0.25) is 0 Å². The van der Waals surface area contributed by atoms with Crippen molar-refractivity contribution in [3.8, 4) is 0 Å². The number of ether oxygens (including phenoxy) is 1. The number of allylic oxidation sites excluding steroid dienone is 3. The van der Waals surface area contributed by atoms with Gasteiger partial charge in [-0.05, 0) is 57.8 Å². The number of carbonyl (C=O) groups is 2. The van der Waals surface area contributed by atoms with Crippen LogP contribution in [0.1, 0.15) is 476 Å². The molecule has 0 aliphatic rings. The van der Waals surface area contributed by atoms with Gasteiger partial charge in [-0.15, -0.1) is 0 Å². The molecule has 0 radical (unpaired) electrons. The predicted molar refractivity (Wildman–Crippen MR) is 398 cm³/mol.